The molecule has 29 heavy (non-hydrogen) atoms. The summed E-state index contributed by atoms with van der Waals surface area (Å²) in [4.78, 5) is 18.7. The van der Waals surface area contributed by atoms with Crippen LogP contribution in [0.1, 0.15) is 17.0 Å². The monoisotopic (exact) mass is 462 g/mol. The van der Waals surface area contributed by atoms with Gasteiger partial charge in [-0.1, -0.05) is 94.0 Å². The molecule has 0 saturated heterocycles. The van der Waals surface area contributed by atoms with Crippen molar-refractivity contribution in [1.82, 2.24) is 4.57 Å². The first-order valence-electron chi connectivity index (χ1n) is 9.25. The quantitative estimate of drug-likeness (QED) is 0.339. The Hall–Kier alpha value is -2.76. The molecule has 3 aromatic carbocycles. The van der Waals surface area contributed by atoms with Crippen molar-refractivity contribution in [2.45, 2.75) is 12.5 Å². The minimum Gasteiger partial charge on any atom is -0.313 e. The summed E-state index contributed by atoms with van der Waals surface area (Å²) in [5.41, 5.74) is 2.92. The molecular weight excluding hydrogens is 444 g/mol. The first kappa shape index (κ1) is 19.6. The molecule has 0 N–H and O–H groups in total. The maximum Gasteiger partial charge on any atom is 0.260 e. The third kappa shape index (κ3) is 4.16. The Morgan fingerprint density at radius 1 is 1.03 bits per heavy atom. The van der Waals surface area contributed by atoms with E-state index < -0.39 is 5.92 Å². The van der Waals surface area contributed by atoms with Gasteiger partial charge >= 0.3 is 0 Å². The van der Waals surface area contributed by atoms with Crippen LogP contribution >= 0.6 is 27.3 Å². The Balaban J connectivity index is 1.86. The number of carbonyl (C=O) groups excluding carboxylic acids is 1. The predicted molar refractivity (Wildman–Crippen MR) is 123 cm³/mol. The molecule has 1 heterocycles. The highest BCUT2D eigenvalue weighted by Crippen LogP contribution is 2.27. The SMILES string of the molecule is C=CCn1c(=NC(=O)C(c2ccccc2)c2ccccc2)sc2cc(Br)ccc21. The molecule has 0 aliphatic heterocycles. The van der Waals surface area contributed by atoms with Gasteiger partial charge in [0.05, 0.1) is 16.1 Å². The lowest BCUT2D eigenvalue weighted by molar-refractivity contribution is -0.118. The van der Waals surface area contributed by atoms with Crippen LogP contribution in [0.5, 0.6) is 0 Å². The van der Waals surface area contributed by atoms with Crippen LogP contribution in [0, 0.1) is 0 Å². The van der Waals surface area contributed by atoms with Crippen LogP contribution < -0.4 is 4.80 Å². The molecule has 4 rings (SSSR count). The average molecular weight is 463 g/mol. The number of thiazole rings is 1. The van der Waals surface area contributed by atoms with Crippen molar-refractivity contribution in [2.75, 3.05) is 0 Å². The summed E-state index contributed by atoms with van der Waals surface area (Å²) in [7, 11) is 0. The third-order valence-corrected chi connectivity index (χ3v) is 6.21. The van der Waals surface area contributed by atoms with E-state index in [2.05, 4.69) is 33.6 Å². The van der Waals surface area contributed by atoms with E-state index in [0.29, 0.717) is 11.3 Å². The zero-order valence-electron chi connectivity index (χ0n) is 15.7. The standard InChI is InChI=1S/C24H19BrN2OS/c1-2-15-27-20-14-13-19(25)16-21(20)29-24(27)26-23(28)22(17-9-5-3-6-10-17)18-11-7-4-8-12-18/h2-14,16,22H,1,15H2. The van der Waals surface area contributed by atoms with E-state index in [1.165, 1.54) is 11.3 Å². The van der Waals surface area contributed by atoms with Gasteiger partial charge in [0, 0.05) is 11.0 Å². The number of benzene rings is 3. The van der Waals surface area contributed by atoms with Crippen molar-refractivity contribution in [3.05, 3.63) is 112 Å². The number of fused-ring (bicyclic) bond motifs is 1. The molecule has 0 aliphatic rings. The average Bonchev–Trinajstić information content (AvgIpc) is 3.06. The summed E-state index contributed by atoms with van der Waals surface area (Å²) in [5, 5.41) is 0. The van der Waals surface area contributed by atoms with Gasteiger partial charge in [-0.15, -0.1) is 6.58 Å². The molecule has 0 saturated carbocycles. The van der Waals surface area contributed by atoms with Crippen molar-refractivity contribution >= 4 is 43.4 Å². The van der Waals surface area contributed by atoms with Gasteiger partial charge in [0.25, 0.3) is 5.91 Å². The Labute approximate surface area is 181 Å². The largest absolute Gasteiger partial charge is 0.313 e. The smallest absolute Gasteiger partial charge is 0.260 e. The third-order valence-electron chi connectivity index (χ3n) is 4.68. The fourth-order valence-corrected chi connectivity index (χ4v) is 4.96. The molecule has 0 bridgehead atoms. The molecule has 144 valence electrons. The second-order valence-corrected chi connectivity index (χ2v) is 8.53. The molecule has 4 aromatic rings. The lowest BCUT2D eigenvalue weighted by Gasteiger charge is -2.14. The summed E-state index contributed by atoms with van der Waals surface area (Å²) in [6.45, 7) is 4.45. The Bertz CT molecular complexity index is 1190. The summed E-state index contributed by atoms with van der Waals surface area (Å²) in [6, 6.07) is 25.7. The van der Waals surface area contributed by atoms with E-state index in [4.69, 9.17) is 0 Å². The number of aromatic nitrogens is 1. The van der Waals surface area contributed by atoms with Gasteiger partial charge in [0.15, 0.2) is 4.80 Å². The second kappa shape index (κ2) is 8.72. The van der Waals surface area contributed by atoms with Gasteiger partial charge in [-0.2, -0.15) is 4.99 Å². The lowest BCUT2D eigenvalue weighted by atomic mass is 9.91. The van der Waals surface area contributed by atoms with E-state index in [1.54, 1.807) is 0 Å². The van der Waals surface area contributed by atoms with Gasteiger partial charge in [0.2, 0.25) is 0 Å². The molecule has 0 aliphatic carbocycles. The summed E-state index contributed by atoms with van der Waals surface area (Å²) in [6.07, 6.45) is 1.82. The Morgan fingerprint density at radius 3 is 2.24 bits per heavy atom. The highest BCUT2D eigenvalue weighted by atomic mass is 79.9. The fourth-order valence-electron chi connectivity index (χ4n) is 3.37. The van der Waals surface area contributed by atoms with Crippen LogP contribution in [-0.4, -0.2) is 10.5 Å². The topological polar surface area (TPSA) is 34.4 Å². The van der Waals surface area contributed by atoms with Crippen LogP contribution in [0.15, 0.2) is 101 Å². The van der Waals surface area contributed by atoms with E-state index in [0.717, 1.165) is 25.8 Å². The predicted octanol–water partition coefficient (Wildman–Crippen LogP) is 5.91. The maximum atomic E-state index is 13.4. The summed E-state index contributed by atoms with van der Waals surface area (Å²) < 4.78 is 4.11. The van der Waals surface area contributed by atoms with Crippen LogP contribution in [0.4, 0.5) is 0 Å². The minimum atomic E-state index is -0.438. The van der Waals surface area contributed by atoms with Crippen molar-refractivity contribution in [3.63, 3.8) is 0 Å². The molecule has 0 spiro atoms. The van der Waals surface area contributed by atoms with Gasteiger partial charge in [-0.3, -0.25) is 4.79 Å². The molecule has 1 amide bonds. The van der Waals surface area contributed by atoms with Crippen LogP contribution in [-0.2, 0) is 11.3 Å². The molecule has 3 nitrogen and oxygen atoms in total. The number of halogens is 1. The first-order valence-corrected chi connectivity index (χ1v) is 10.9. The van der Waals surface area contributed by atoms with Crippen molar-refractivity contribution in [3.8, 4) is 0 Å². The van der Waals surface area contributed by atoms with Crippen molar-refractivity contribution in [2.24, 2.45) is 4.99 Å². The van der Waals surface area contributed by atoms with Crippen LogP contribution in [0.3, 0.4) is 0 Å². The Kier molecular flexibility index (Phi) is 5.88. The molecular formula is C24H19BrN2OS. The lowest BCUT2D eigenvalue weighted by Crippen LogP contribution is -2.20. The maximum absolute atomic E-state index is 13.4. The summed E-state index contributed by atoms with van der Waals surface area (Å²) >= 11 is 5.03. The zero-order valence-corrected chi connectivity index (χ0v) is 18.1. The highest BCUT2D eigenvalue weighted by molar-refractivity contribution is 9.10. The van der Waals surface area contributed by atoms with Gasteiger partial charge in [-0.05, 0) is 29.3 Å². The van der Waals surface area contributed by atoms with E-state index >= 15 is 0 Å². The molecule has 5 heteroatoms. The number of hydrogen-bond donors (Lipinski definition) is 0. The highest BCUT2D eigenvalue weighted by Gasteiger charge is 2.22. The molecule has 0 fully saturated rings. The van der Waals surface area contributed by atoms with Gasteiger partial charge < -0.3 is 4.57 Å². The number of rotatable bonds is 5. The van der Waals surface area contributed by atoms with E-state index in [9.17, 15) is 4.79 Å². The number of amides is 1. The minimum absolute atomic E-state index is 0.175. The van der Waals surface area contributed by atoms with E-state index in [-0.39, 0.29) is 5.91 Å². The number of allylic oxidation sites excluding steroid dienone is 1. The fraction of sp³-hybridized carbons (Fsp3) is 0.0833. The second-order valence-electron chi connectivity index (χ2n) is 6.60. The van der Waals surface area contributed by atoms with Crippen molar-refractivity contribution in [1.29, 1.82) is 0 Å². The number of nitrogens with zero attached hydrogens (tertiary/aromatic N) is 2. The molecule has 1 aromatic heterocycles. The van der Waals surface area contributed by atoms with Crippen molar-refractivity contribution < 1.29 is 4.79 Å². The molecule has 0 radical (unpaired) electrons. The van der Waals surface area contributed by atoms with E-state index in [1.807, 2.05) is 83.4 Å². The normalized spacial score (nSPS) is 11.9. The van der Waals surface area contributed by atoms with Crippen LogP contribution in [0.2, 0.25) is 0 Å². The number of hydrogen-bond acceptors (Lipinski definition) is 2. The van der Waals surface area contributed by atoms with Gasteiger partial charge in [-0.25, -0.2) is 0 Å². The van der Waals surface area contributed by atoms with Gasteiger partial charge in [0.1, 0.15) is 0 Å². The molecule has 0 atom stereocenters. The Morgan fingerprint density at radius 2 is 1.66 bits per heavy atom. The molecule has 0 unspecified atom stereocenters. The summed E-state index contributed by atoms with van der Waals surface area (Å²) in [5.74, 6) is -0.614. The number of carbonyl (C=O) groups is 1. The van der Waals surface area contributed by atoms with Crippen LogP contribution in [0.25, 0.3) is 10.2 Å². The zero-order chi connectivity index (χ0) is 20.2. The first-order chi connectivity index (χ1) is 14.2.